The van der Waals surface area contributed by atoms with Crippen molar-refractivity contribution in [2.24, 2.45) is 11.0 Å². The molecule has 1 fully saturated rings. The van der Waals surface area contributed by atoms with E-state index in [4.69, 9.17) is 0 Å². The van der Waals surface area contributed by atoms with E-state index in [2.05, 4.69) is 26.5 Å². The summed E-state index contributed by atoms with van der Waals surface area (Å²) in [7, 11) is 0. The predicted molar refractivity (Wildman–Crippen MR) is 40.6 cm³/mol. The minimum atomic E-state index is 0.652. The summed E-state index contributed by atoms with van der Waals surface area (Å²) < 4.78 is 1.08. The average molecular weight is 189 g/mol. The number of nitrogens with zero attached hydrogens (tertiary/aromatic N) is 1. The number of halogens is 1. The Labute approximate surface area is 62.8 Å². The van der Waals surface area contributed by atoms with Crippen molar-refractivity contribution < 1.29 is 0 Å². The van der Waals surface area contributed by atoms with Gasteiger partial charge in [0.15, 0.2) is 0 Å². The Kier molecular flexibility index (Phi) is 1.25. The second kappa shape index (κ2) is 1.97. The summed E-state index contributed by atoms with van der Waals surface area (Å²) in [4.78, 5) is 0. The Morgan fingerprint density at radius 3 is 2.78 bits per heavy atom. The molecule has 3 heteroatoms. The summed E-state index contributed by atoms with van der Waals surface area (Å²) in [5.41, 5.74) is 3.11. The Bertz CT molecular complexity index is 151. The Balaban J connectivity index is 1.91. The molecule has 2 rings (SSSR count). The summed E-state index contributed by atoms with van der Waals surface area (Å²) in [6, 6.07) is 0.652. The molecule has 2 nitrogen and oxygen atoms in total. The number of hydrogen-bond acceptors (Lipinski definition) is 2. The SMILES string of the molecule is BrC1=NNC(C2CC2)C1. The second-order valence-corrected chi connectivity index (χ2v) is 3.68. The van der Waals surface area contributed by atoms with Gasteiger partial charge < -0.3 is 5.43 Å². The molecule has 0 radical (unpaired) electrons. The fraction of sp³-hybridized carbons (Fsp3) is 0.833. The van der Waals surface area contributed by atoms with Gasteiger partial charge in [0.2, 0.25) is 0 Å². The third kappa shape index (κ3) is 1.11. The van der Waals surface area contributed by atoms with Gasteiger partial charge in [-0.15, -0.1) is 0 Å². The second-order valence-electron chi connectivity index (χ2n) is 2.77. The molecule has 1 saturated carbocycles. The number of nitrogens with one attached hydrogen (secondary N) is 1. The highest BCUT2D eigenvalue weighted by atomic mass is 79.9. The zero-order valence-corrected chi connectivity index (χ0v) is 6.69. The monoisotopic (exact) mass is 188 g/mol. The molecule has 1 aliphatic heterocycles. The third-order valence-electron chi connectivity index (χ3n) is 1.93. The van der Waals surface area contributed by atoms with Crippen molar-refractivity contribution in [2.75, 3.05) is 0 Å². The minimum absolute atomic E-state index is 0.652. The molecule has 0 bridgehead atoms. The van der Waals surface area contributed by atoms with Crippen LogP contribution in [0.15, 0.2) is 5.10 Å². The molecule has 0 amide bonds. The molecule has 9 heavy (non-hydrogen) atoms. The summed E-state index contributed by atoms with van der Waals surface area (Å²) >= 11 is 3.36. The van der Waals surface area contributed by atoms with Gasteiger partial charge >= 0.3 is 0 Å². The van der Waals surface area contributed by atoms with Crippen molar-refractivity contribution >= 4 is 20.6 Å². The van der Waals surface area contributed by atoms with Crippen LogP contribution in [-0.4, -0.2) is 10.7 Å². The number of hydrazone groups is 1. The molecule has 0 aromatic carbocycles. The number of rotatable bonds is 1. The van der Waals surface area contributed by atoms with Gasteiger partial charge in [0.25, 0.3) is 0 Å². The molecule has 1 unspecified atom stereocenters. The first-order valence-electron chi connectivity index (χ1n) is 3.34. The first-order chi connectivity index (χ1) is 4.36. The maximum absolute atomic E-state index is 4.06. The summed E-state index contributed by atoms with van der Waals surface area (Å²) in [6.45, 7) is 0. The molecule has 2 aliphatic rings. The van der Waals surface area contributed by atoms with Crippen molar-refractivity contribution in [3.63, 3.8) is 0 Å². The fourth-order valence-electron chi connectivity index (χ4n) is 1.20. The normalized spacial score (nSPS) is 33.9. The predicted octanol–water partition coefficient (Wildman–Crippen LogP) is 1.47. The summed E-state index contributed by atoms with van der Waals surface area (Å²) in [5.74, 6) is 0.920. The lowest BCUT2D eigenvalue weighted by Crippen LogP contribution is -2.20. The van der Waals surface area contributed by atoms with E-state index in [0.717, 1.165) is 17.0 Å². The molecule has 1 aliphatic carbocycles. The van der Waals surface area contributed by atoms with Crippen LogP contribution >= 0.6 is 15.9 Å². The Hall–Kier alpha value is -0.0500. The average Bonchev–Trinajstić information content (AvgIpc) is 2.58. The molecular formula is C6H9BrN2. The largest absolute Gasteiger partial charge is 0.306 e. The van der Waals surface area contributed by atoms with Crippen molar-refractivity contribution in [3.8, 4) is 0 Å². The van der Waals surface area contributed by atoms with Gasteiger partial charge in [0.1, 0.15) is 4.62 Å². The van der Waals surface area contributed by atoms with Gasteiger partial charge in [-0.25, -0.2) is 0 Å². The van der Waals surface area contributed by atoms with Crippen LogP contribution in [0.5, 0.6) is 0 Å². The molecular weight excluding hydrogens is 180 g/mol. The Morgan fingerprint density at radius 1 is 1.56 bits per heavy atom. The van der Waals surface area contributed by atoms with Crippen molar-refractivity contribution in [1.29, 1.82) is 0 Å². The van der Waals surface area contributed by atoms with E-state index in [1.54, 1.807) is 0 Å². The Morgan fingerprint density at radius 2 is 2.33 bits per heavy atom. The van der Waals surface area contributed by atoms with E-state index < -0.39 is 0 Å². The van der Waals surface area contributed by atoms with Crippen molar-refractivity contribution in [3.05, 3.63) is 0 Å². The van der Waals surface area contributed by atoms with Gasteiger partial charge in [0, 0.05) is 6.42 Å². The minimum Gasteiger partial charge on any atom is -0.306 e. The van der Waals surface area contributed by atoms with Crippen molar-refractivity contribution in [2.45, 2.75) is 25.3 Å². The van der Waals surface area contributed by atoms with Crippen LogP contribution in [0.3, 0.4) is 0 Å². The van der Waals surface area contributed by atoms with E-state index in [0.29, 0.717) is 6.04 Å². The fourth-order valence-corrected chi connectivity index (χ4v) is 1.65. The van der Waals surface area contributed by atoms with Gasteiger partial charge in [-0.2, -0.15) is 5.10 Å². The highest BCUT2D eigenvalue weighted by Gasteiger charge is 2.33. The molecule has 1 heterocycles. The van der Waals surface area contributed by atoms with E-state index >= 15 is 0 Å². The quantitative estimate of drug-likeness (QED) is 0.663. The van der Waals surface area contributed by atoms with E-state index in [9.17, 15) is 0 Å². The third-order valence-corrected chi connectivity index (χ3v) is 2.43. The van der Waals surface area contributed by atoms with E-state index in [1.165, 1.54) is 12.8 Å². The van der Waals surface area contributed by atoms with E-state index in [-0.39, 0.29) is 0 Å². The lowest BCUT2D eigenvalue weighted by molar-refractivity contribution is 0.523. The van der Waals surface area contributed by atoms with Crippen LogP contribution in [0.4, 0.5) is 0 Å². The van der Waals surface area contributed by atoms with Crippen LogP contribution in [0.25, 0.3) is 0 Å². The van der Waals surface area contributed by atoms with Crippen molar-refractivity contribution in [1.82, 2.24) is 5.43 Å². The molecule has 0 aromatic rings. The standard InChI is InChI=1S/C6H9BrN2/c7-6-3-5(8-9-6)4-1-2-4/h4-5,8H,1-3H2. The van der Waals surface area contributed by atoms with Crippen LogP contribution < -0.4 is 5.43 Å². The molecule has 50 valence electrons. The molecule has 0 aromatic heterocycles. The summed E-state index contributed by atoms with van der Waals surface area (Å²) in [5, 5.41) is 4.06. The van der Waals surface area contributed by atoms with E-state index in [1.807, 2.05) is 0 Å². The zero-order chi connectivity index (χ0) is 6.27. The molecule has 0 saturated heterocycles. The van der Waals surface area contributed by atoms with Crippen LogP contribution in [-0.2, 0) is 0 Å². The molecule has 1 atom stereocenters. The van der Waals surface area contributed by atoms with Gasteiger partial charge in [-0.3, -0.25) is 0 Å². The first-order valence-corrected chi connectivity index (χ1v) is 4.13. The smallest absolute Gasteiger partial charge is 0.105 e. The topological polar surface area (TPSA) is 24.4 Å². The maximum atomic E-state index is 4.06. The number of hydrogen-bond donors (Lipinski definition) is 1. The van der Waals surface area contributed by atoms with Gasteiger partial charge in [-0.05, 0) is 34.7 Å². The summed E-state index contributed by atoms with van der Waals surface area (Å²) in [6.07, 6.45) is 3.89. The van der Waals surface area contributed by atoms with Crippen LogP contribution in [0.1, 0.15) is 19.3 Å². The lowest BCUT2D eigenvalue weighted by atomic mass is 10.1. The van der Waals surface area contributed by atoms with Gasteiger partial charge in [-0.1, -0.05) is 0 Å². The van der Waals surface area contributed by atoms with Gasteiger partial charge in [0.05, 0.1) is 6.04 Å². The highest BCUT2D eigenvalue weighted by molar-refractivity contribution is 9.18. The van der Waals surface area contributed by atoms with Crippen LogP contribution in [0.2, 0.25) is 0 Å². The maximum Gasteiger partial charge on any atom is 0.105 e. The highest BCUT2D eigenvalue weighted by Crippen LogP contribution is 2.35. The lowest BCUT2D eigenvalue weighted by Gasteiger charge is -2.04. The molecule has 1 N–H and O–H groups in total. The zero-order valence-electron chi connectivity index (χ0n) is 5.10. The van der Waals surface area contributed by atoms with Crippen LogP contribution in [0, 0.1) is 5.92 Å². The molecule has 0 spiro atoms. The first kappa shape index (κ1) is 5.71.